The molecule has 2 amide bonds. The molecule has 4 aromatic rings. The molecule has 0 fully saturated rings. The van der Waals surface area contributed by atoms with Crippen molar-refractivity contribution in [3.63, 3.8) is 0 Å². The summed E-state index contributed by atoms with van der Waals surface area (Å²) in [5.41, 5.74) is 14.1. The highest BCUT2D eigenvalue weighted by atomic mass is 35.5. The van der Waals surface area contributed by atoms with E-state index >= 15 is 0 Å². The van der Waals surface area contributed by atoms with E-state index in [9.17, 15) is 24.9 Å². The van der Waals surface area contributed by atoms with E-state index in [4.69, 9.17) is 16.9 Å². The van der Waals surface area contributed by atoms with Crippen LogP contribution in [0, 0.1) is 5.41 Å². The zero-order valence-corrected chi connectivity index (χ0v) is 20.2. The van der Waals surface area contributed by atoms with Crippen molar-refractivity contribution in [3.8, 4) is 34.0 Å². The number of carboxylic acid groups (broad SMARTS) is 1. The highest BCUT2D eigenvalue weighted by Crippen LogP contribution is 2.46. The number of carbonyl (C=O) groups is 2. The number of aryl methyl sites for hydroxylation is 1. The van der Waals surface area contributed by atoms with Crippen LogP contribution in [0.2, 0.25) is 0 Å². The van der Waals surface area contributed by atoms with Gasteiger partial charge in [0.15, 0.2) is 0 Å². The summed E-state index contributed by atoms with van der Waals surface area (Å²) < 4.78 is 0. The topological polar surface area (TPSA) is 211 Å². The first-order chi connectivity index (χ1) is 17.1. The number of primary amides is 1. The number of imidazole rings is 1. The van der Waals surface area contributed by atoms with Gasteiger partial charge < -0.3 is 37.1 Å². The van der Waals surface area contributed by atoms with E-state index in [0.717, 1.165) is 0 Å². The molecule has 37 heavy (non-hydrogen) atoms. The third-order valence-corrected chi connectivity index (χ3v) is 5.69. The third-order valence-electron chi connectivity index (χ3n) is 5.69. The molecule has 10 N–H and O–H groups in total. The molecule has 4 rings (SSSR count). The number of hydrogen-bond donors (Lipinski definition) is 8. The molecule has 0 bridgehead atoms. The fourth-order valence-corrected chi connectivity index (χ4v) is 3.93. The Balaban J connectivity index is 0.00000380. The molecular formula is C25H25ClN6O5. The number of benzene rings is 3. The summed E-state index contributed by atoms with van der Waals surface area (Å²) in [6.07, 6.45) is -0.221. The number of nitrogens with two attached hydrogens (primary N) is 2. The average Bonchev–Trinajstić information content (AvgIpc) is 3.25. The first-order valence-corrected chi connectivity index (χ1v) is 10.9. The fraction of sp³-hybridized carbons (Fsp3) is 0.120. The summed E-state index contributed by atoms with van der Waals surface area (Å²) in [5, 5.41) is 41.6. The maximum Gasteiger partial charge on any atom is 0.312 e. The minimum absolute atomic E-state index is 0. The molecular weight excluding hydrogens is 500 g/mol. The van der Waals surface area contributed by atoms with Gasteiger partial charge in [-0.25, -0.2) is 9.78 Å². The summed E-state index contributed by atoms with van der Waals surface area (Å²) in [7, 11) is 0. The SMILES string of the molecule is Cl.N=C(N)c1ccc2[nH]c(-c3cc(CCC(=O)O)c(O)c(-c4cccc(CNC(N)=O)c4)c3O)nc2c1. The number of hydrogen-bond acceptors (Lipinski definition) is 6. The molecule has 0 saturated carbocycles. The summed E-state index contributed by atoms with van der Waals surface area (Å²) in [4.78, 5) is 29.9. The van der Waals surface area contributed by atoms with E-state index < -0.39 is 12.0 Å². The van der Waals surface area contributed by atoms with Gasteiger partial charge in [-0.2, -0.15) is 0 Å². The van der Waals surface area contributed by atoms with Crippen molar-refractivity contribution in [2.45, 2.75) is 19.4 Å². The zero-order chi connectivity index (χ0) is 26.0. The van der Waals surface area contributed by atoms with Gasteiger partial charge in [-0.05, 0) is 53.4 Å². The Morgan fingerprint density at radius 3 is 2.49 bits per heavy atom. The van der Waals surface area contributed by atoms with Gasteiger partial charge in [0.05, 0.1) is 22.2 Å². The van der Waals surface area contributed by atoms with E-state index in [1.807, 2.05) is 0 Å². The monoisotopic (exact) mass is 524 g/mol. The number of aromatic hydroxyl groups is 2. The van der Waals surface area contributed by atoms with Gasteiger partial charge in [0.25, 0.3) is 0 Å². The van der Waals surface area contributed by atoms with Crippen molar-refractivity contribution < 1.29 is 24.9 Å². The highest BCUT2D eigenvalue weighted by Gasteiger charge is 2.22. The number of amidine groups is 1. The molecule has 0 spiro atoms. The van der Waals surface area contributed by atoms with Gasteiger partial charge in [-0.3, -0.25) is 10.2 Å². The minimum atomic E-state index is -1.04. The molecule has 0 aliphatic heterocycles. The molecule has 1 aromatic heterocycles. The molecule has 0 atom stereocenters. The summed E-state index contributed by atoms with van der Waals surface area (Å²) in [5.74, 6) is -1.39. The molecule has 0 radical (unpaired) electrons. The summed E-state index contributed by atoms with van der Waals surface area (Å²) >= 11 is 0. The molecule has 1 heterocycles. The van der Waals surface area contributed by atoms with Crippen LogP contribution in [0.4, 0.5) is 4.79 Å². The Morgan fingerprint density at radius 2 is 1.81 bits per heavy atom. The number of fused-ring (bicyclic) bond motifs is 1. The van der Waals surface area contributed by atoms with Gasteiger partial charge in [0.1, 0.15) is 23.2 Å². The number of carboxylic acids is 1. The number of urea groups is 1. The lowest BCUT2D eigenvalue weighted by atomic mass is 9.93. The largest absolute Gasteiger partial charge is 0.507 e. The minimum Gasteiger partial charge on any atom is -0.507 e. The van der Waals surface area contributed by atoms with Gasteiger partial charge in [-0.1, -0.05) is 18.2 Å². The normalized spacial score (nSPS) is 10.6. The van der Waals surface area contributed by atoms with Crippen molar-refractivity contribution in [2.24, 2.45) is 11.5 Å². The average molecular weight is 525 g/mol. The predicted octanol–water partition coefficient (Wildman–Crippen LogP) is 3.20. The number of rotatable bonds is 8. The van der Waals surface area contributed by atoms with E-state index in [-0.39, 0.29) is 66.1 Å². The second-order valence-electron chi connectivity index (χ2n) is 8.20. The Morgan fingerprint density at radius 1 is 1.05 bits per heavy atom. The Labute approximate surface area is 217 Å². The highest BCUT2D eigenvalue weighted by molar-refractivity contribution is 5.98. The second kappa shape index (κ2) is 10.9. The van der Waals surface area contributed by atoms with Crippen molar-refractivity contribution in [2.75, 3.05) is 0 Å². The Hall–Kier alpha value is -4.77. The van der Waals surface area contributed by atoms with Crippen molar-refractivity contribution in [1.82, 2.24) is 15.3 Å². The number of aromatic nitrogens is 2. The van der Waals surface area contributed by atoms with Crippen LogP contribution < -0.4 is 16.8 Å². The molecule has 192 valence electrons. The van der Waals surface area contributed by atoms with Gasteiger partial charge in [0.2, 0.25) is 0 Å². The van der Waals surface area contributed by atoms with Crippen molar-refractivity contribution in [1.29, 1.82) is 5.41 Å². The fourth-order valence-electron chi connectivity index (χ4n) is 3.93. The van der Waals surface area contributed by atoms with Gasteiger partial charge in [-0.15, -0.1) is 12.4 Å². The number of carbonyl (C=O) groups excluding carboxylic acids is 1. The number of aromatic amines is 1. The van der Waals surface area contributed by atoms with Crippen LogP contribution in [0.1, 0.15) is 23.1 Å². The Kier molecular flexibility index (Phi) is 7.88. The zero-order valence-electron chi connectivity index (χ0n) is 19.4. The summed E-state index contributed by atoms with van der Waals surface area (Å²) in [6.45, 7) is 0.137. The van der Waals surface area contributed by atoms with Gasteiger partial charge in [0, 0.05) is 18.5 Å². The number of nitrogens with one attached hydrogen (secondary N) is 3. The van der Waals surface area contributed by atoms with E-state index in [0.29, 0.717) is 33.3 Å². The van der Waals surface area contributed by atoms with Crippen LogP contribution in [0.25, 0.3) is 33.5 Å². The first kappa shape index (κ1) is 26.8. The van der Waals surface area contributed by atoms with Crippen molar-refractivity contribution in [3.05, 3.63) is 65.2 Å². The van der Waals surface area contributed by atoms with Crippen LogP contribution in [-0.4, -0.2) is 43.1 Å². The summed E-state index contributed by atoms with van der Waals surface area (Å²) in [6, 6.07) is 12.6. The van der Waals surface area contributed by atoms with Crippen molar-refractivity contribution >= 4 is 41.3 Å². The number of phenols is 2. The van der Waals surface area contributed by atoms with E-state index in [1.54, 1.807) is 42.5 Å². The van der Waals surface area contributed by atoms with Gasteiger partial charge >= 0.3 is 12.0 Å². The van der Waals surface area contributed by atoms with E-state index in [1.165, 1.54) is 6.07 Å². The number of halogens is 1. The molecule has 0 unspecified atom stereocenters. The molecule has 12 heteroatoms. The predicted molar refractivity (Wildman–Crippen MR) is 141 cm³/mol. The third kappa shape index (κ3) is 5.73. The molecule has 3 aromatic carbocycles. The molecule has 11 nitrogen and oxygen atoms in total. The lowest BCUT2D eigenvalue weighted by Gasteiger charge is -2.16. The first-order valence-electron chi connectivity index (χ1n) is 10.9. The van der Waals surface area contributed by atoms with Crippen LogP contribution >= 0.6 is 12.4 Å². The Bertz CT molecular complexity index is 1520. The lowest BCUT2D eigenvalue weighted by molar-refractivity contribution is -0.136. The second-order valence-corrected chi connectivity index (χ2v) is 8.20. The number of amides is 2. The number of H-pyrrole nitrogens is 1. The lowest BCUT2D eigenvalue weighted by Crippen LogP contribution is -2.28. The number of nitrogens with zero attached hydrogens (tertiary/aromatic N) is 1. The van der Waals surface area contributed by atoms with E-state index in [2.05, 4.69) is 15.3 Å². The van der Waals surface area contributed by atoms with Crippen LogP contribution in [-0.2, 0) is 17.8 Å². The molecule has 0 aliphatic carbocycles. The number of aliphatic carboxylic acids is 1. The number of phenolic OH excluding ortho intramolecular Hbond substituents is 2. The molecule has 0 aliphatic rings. The van der Waals surface area contributed by atoms with Crippen LogP contribution in [0.15, 0.2) is 48.5 Å². The number of nitrogen functional groups attached to an aromatic ring is 1. The smallest absolute Gasteiger partial charge is 0.312 e. The maximum atomic E-state index is 11.3. The maximum absolute atomic E-state index is 11.3. The molecule has 0 saturated heterocycles. The van der Waals surface area contributed by atoms with Crippen LogP contribution in [0.3, 0.4) is 0 Å². The standard InChI is InChI=1S/C25H24N6O5.ClH/c26-23(27)15-4-6-17-18(10-15)31-24(30-17)16-9-14(5-7-19(32)33)21(34)20(22(16)35)13-3-1-2-12(8-13)11-29-25(28)36;/h1-4,6,8-10,34-35H,5,7,11H2,(H3,26,27)(H,30,31)(H,32,33)(H3,28,29,36);1H. The quantitative estimate of drug-likeness (QED) is 0.127. The van der Waals surface area contributed by atoms with Crippen LogP contribution in [0.5, 0.6) is 11.5 Å².